The molecule has 0 saturated carbocycles. The number of ketones is 1. The zero-order chi connectivity index (χ0) is 21.4. The van der Waals surface area contributed by atoms with Crippen molar-refractivity contribution in [3.8, 4) is 0 Å². The van der Waals surface area contributed by atoms with Crippen LogP contribution in [0.3, 0.4) is 0 Å². The van der Waals surface area contributed by atoms with Crippen molar-refractivity contribution in [2.24, 2.45) is 0 Å². The summed E-state index contributed by atoms with van der Waals surface area (Å²) in [4.78, 5) is 51.4. The minimum Gasteiger partial charge on any atom is -0.444 e. The van der Waals surface area contributed by atoms with E-state index in [1.54, 1.807) is 20.8 Å². The lowest BCUT2D eigenvalue weighted by atomic mass is 10.0. The van der Waals surface area contributed by atoms with Crippen LogP contribution in [0.2, 0.25) is 0 Å². The largest absolute Gasteiger partial charge is 0.444 e. The average Bonchev–Trinajstić information content (AvgIpc) is 2.96. The zero-order valence-electron chi connectivity index (χ0n) is 15.2. The molecule has 154 valence electrons. The van der Waals surface area contributed by atoms with Crippen LogP contribution in [-0.2, 0) is 24.6 Å². The summed E-state index contributed by atoms with van der Waals surface area (Å²) in [6.45, 7) is 6.27. The number of aromatic nitrogens is 1. The van der Waals surface area contributed by atoms with E-state index in [0.717, 1.165) is 11.3 Å². The smallest absolute Gasteiger partial charge is 0.413 e. The lowest BCUT2D eigenvalue weighted by molar-refractivity contribution is -0.144. The van der Waals surface area contributed by atoms with Gasteiger partial charge in [-0.1, -0.05) is 0 Å². The predicted octanol–water partition coefficient (Wildman–Crippen LogP) is 0.191. The minimum absolute atomic E-state index is 0.0241. The third kappa shape index (κ3) is 4.82. The SMILES string of the molecule is CC1[C@H](NC(=O)C(=O)c2csc(NC(=O)OC(C)(C)C)n2)C(=O)N1S(=O)(=O)O. The van der Waals surface area contributed by atoms with Gasteiger partial charge in [0.05, 0.1) is 6.04 Å². The fourth-order valence-electron chi connectivity index (χ4n) is 2.25. The summed E-state index contributed by atoms with van der Waals surface area (Å²) in [5.74, 6) is -3.34. The number of anilines is 1. The van der Waals surface area contributed by atoms with E-state index in [4.69, 9.17) is 9.29 Å². The van der Waals surface area contributed by atoms with E-state index in [0.29, 0.717) is 0 Å². The van der Waals surface area contributed by atoms with Gasteiger partial charge in [-0.25, -0.2) is 14.1 Å². The molecule has 3 N–H and O–H groups in total. The van der Waals surface area contributed by atoms with E-state index in [9.17, 15) is 27.6 Å². The molecule has 12 nitrogen and oxygen atoms in total. The Hall–Kier alpha value is -2.58. The Kier molecular flexibility index (Phi) is 5.77. The number of Topliss-reactive ketones (excluding diaryl/α,β-unsaturated/α-hetero) is 1. The standard InChI is InChI=1S/C14H18N4O8S2/c1-6-8(11(21)18(6)28(23,24)25)16-10(20)9(19)7-5-27-12(15-7)17-13(22)26-14(2,3)4/h5-6,8H,1-4H3,(H,16,20)(H,15,17,22)(H,23,24,25)/t6?,8-/m0/s1. The van der Waals surface area contributed by atoms with Gasteiger partial charge in [0.1, 0.15) is 17.3 Å². The fraction of sp³-hybridized carbons (Fsp3) is 0.500. The molecule has 2 atom stereocenters. The van der Waals surface area contributed by atoms with Gasteiger partial charge in [-0.2, -0.15) is 8.42 Å². The van der Waals surface area contributed by atoms with Crippen LogP contribution < -0.4 is 10.6 Å². The molecular weight excluding hydrogens is 416 g/mol. The van der Waals surface area contributed by atoms with Crippen molar-refractivity contribution in [2.75, 3.05) is 5.32 Å². The van der Waals surface area contributed by atoms with Gasteiger partial charge in [0, 0.05) is 5.38 Å². The van der Waals surface area contributed by atoms with Gasteiger partial charge in [0.25, 0.3) is 17.6 Å². The van der Waals surface area contributed by atoms with Crippen LogP contribution in [0.1, 0.15) is 38.2 Å². The van der Waals surface area contributed by atoms with Gasteiger partial charge >= 0.3 is 16.4 Å². The Balaban J connectivity index is 1.98. The quantitative estimate of drug-likeness (QED) is 0.253. The summed E-state index contributed by atoms with van der Waals surface area (Å²) in [7, 11) is -4.74. The number of nitrogens with one attached hydrogen (secondary N) is 2. The molecule has 14 heteroatoms. The molecule has 2 rings (SSSR count). The molecule has 1 saturated heterocycles. The highest BCUT2D eigenvalue weighted by Crippen LogP contribution is 2.23. The van der Waals surface area contributed by atoms with Crippen molar-refractivity contribution in [3.63, 3.8) is 0 Å². The lowest BCUT2D eigenvalue weighted by Crippen LogP contribution is -2.71. The molecular formula is C14H18N4O8S2. The van der Waals surface area contributed by atoms with Crippen molar-refractivity contribution < 1.29 is 36.9 Å². The first kappa shape index (κ1) is 21.7. The van der Waals surface area contributed by atoms with Gasteiger partial charge in [-0.15, -0.1) is 11.3 Å². The molecule has 28 heavy (non-hydrogen) atoms. The molecule has 3 amide bonds. The second kappa shape index (κ2) is 7.44. The topological polar surface area (TPSA) is 172 Å². The summed E-state index contributed by atoms with van der Waals surface area (Å²) in [6, 6.07) is -2.34. The molecule has 0 aliphatic carbocycles. The lowest BCUT2D eigenvalue weighted by Gasteiger charge is -2.41. The molecule has 0 spiro atoms. The van der Waals surface area contributed by atoms with Gasteiger partial charge in [0.2, 0.25) is 0 Å². The normalized spacial score (nSPS) is 19.6. The molecule has 1 aliphatic heterocycles. The second-order valence-corrected chi connectivity index (χ2v) is 8.94. The van der Waals surface area contributed by atoms with Crippen molar-refractivity contribution in [1.82, 2.24) is 14.6 Å². The van der Waals surface area contributed by atoms with Crippen LogP contribution in [0.4, 0.5) is 9.93 Å². The highest BCUT2D eigenvalue weighted by atomic mass is 32.2. The number of β-lactam (4-membered cyclic amide) rings is 1. The first-order chi connectivity index (χ1) is 12.7. The van der Waals surface area contributed by atoms with Gasteiger partial charge in [-0.3, -0.25) is 24.3 Å². The summed E-state index contributed by atoms with van der Waals surface area (Å²) in [5, 5.41) is 5.67. The highest BCUT2D eigenvalue weighted by Gasteiger charge is 2.51. The molecule has 1 aromatic rings. The molecule has 1 fully saturated rings. The van der Waals surface area contributed by atoms with E-state index in [2.05, 4.69) is 15.6 Å². The van der Waals surface area contributed by atoms with E-state index in [1.165, 1.54) is 12.3 Å². The minimum atomic E-state index is -4.74. The van der Waals surface area contributed by atoms with Crippen molar-refractivity contribution in [3.05, 3.63) is 11.1 Å². The number of hydrogen-bond donors (Lipinski definition) is 3. The zero-order valence-corrected chi connectivity index (χ0v) is 16.9. The van der Waals surface area contributed by atoms with Crippen molar-refractivity contribution >= 4 is 50.5 Å². The Morgan fingerprint density at radius 3 is 2.43 bits per heavy atom. The maximum atomic E-state index is 12.1. The number of rotatable bonds is 5. The summed E-state index contributed by atoms with van der Waals surface area (Å²) in [5.41, 5.74) is -1.01. The number of carbonyl (C=O) groups excluding carboxylic acids is 4. The van der Waals surface area contributed by atoms with Gasteiger partial charge < -0.3 is 10.1 Å². The summed E-state index contributed by atoms with van der Waals surface area (Å²) < 4.78 is 36.2. The Labute approximate surface area is 164 Å². The molecule has 1 aliphatic rings. The summed E-state index contributed by atoms with van der Waals surface area (Å²) in [6.07, 6.45) is -0.788. The van der Waals surface area contributed by atoms with Crippen LogP contribution in [0.25, 0.3) is 0 Å². The van der Waals surface area contributed by atoms with E-state index in [-0.39, 0.29) is 15.1 Å². The molecule has 2 heterocycles. The molecule has 1 aromatic heterocycles. The number of carbonyl (C=O) groups is 4. The molecule has 0 bridgehead atoms. The average molecular weight is 434 g/mol. The third-order valence-corrected chi connectivity index (χ3v) is 5.19. The number of hydrogen-bond acceptors (Lipinski definition) is 9. The first-order valence-corrected chi connectivity index (χ1v) is 10.1. The van der Waals surface area contributed by atoms with Crippen LogP contribution in [-0.4, -0.2) is 63.6 Å². The molecule has 0 aromatic carbocycles. The predicted molar refractivity (Wildman–Crippen MR) is 96.1 cm³/mol. The monoisotopic (exact) mass is 434 g/mol. The Morgan fingerprint density at radius 2 is 1.93 bits per heavy atom. The van der Waals surface area contributed by atoms with Crippen molar-refractivity contribution in [1.29, 1.82) is 0 Å². The fourth-order valence-corrected chi connectivity index (χ4v) is 3.81. The molecule has 1 unspecified atom stereocenters. The molecule has 0 radical (unpaired) electrons. The maximum absolute atomic E-state index is 12.1. The Bertz CT molecular complexity index is 933. The Morgan fingerprint density at radius 1 is 1.32 bits per heavy atom. The van der Waals surface area contributed by atoms with E-state index >= 15 is 0 Å². The van der Waals surface area contributed by atoms with Crippen LogP contribution in [0.15, 0.2) is 5.38 Å². The van der Waals surface area contributed by atoms with Gasteiger partial charge in [-0.05, 0) is 27.7 Å². The van der Waals surface area contributed by atoms with Crippen LogP contribution in [0.5, 0.6) is 0 Å². The van der Waals surface area contributed by atoms with E-state index < -0.39 is 51.7 Å². The first-order valence-electron chi connectivity index (χ1n) is 7.82. The maximum Gasteiger partial charge on any atom is 0.413 e. The second-order valence-electron chi connectivity index (χ2n) is 6.80. The number of nitrogens with zero attached hydrogens (tertiary/aromatic N) is 2. The number of amides is 3. The number of ether oxygens (including phenoxy) is 1. The highest BCUT2D eigenvalue weighted by molar-refractivity contribution is 7.84. The van der Waals surface area contributed by atoms with E-state index in [1.807, 2.05) is 0 Å². The summed E-state index contributed by atoms with van der Waals surface area (Å²) >= 11 is 0.882. The van der Waals surface area contributed by atoms with Crippen LogP contribution in [0, 0.1) is 0 Å². The van der Waals surface area contributed by atoms with Gasteiger partial charge in [0.15, 0.2) is 5.13 Å². The van der Waals surface area contributed by atoms with Crippen molar-refractivity contribution in [2.45, 2.75) is 45.4 Å². The number of thiazole rings is 1. The van der Waals surface area contributed by atoms with Crippen LogP contribution >= 0.6 is 11.3 Å². The third-order valence-electron chi connectivity index (χ3n) is 3.42.